The molecule has 0 spiro atoms. The van der Waals surface area contributed by atoms with Crippen LogP contribution in [0.2, 0.25) is 0 Å². The second-order valence-electron chi connectivity index (χ2n) is 16.9. The molecule has 0 aromatic carbocycles. The third kappa shape index (κ3) is 5.49. The van der Waals surface area contributed by atoms with E-state index in [9.17, 15) is 30.3 Å². The van der Waals surface area contributed by atoms with Crippen LogP contribution in [0.3, 0.4) is 0 Å². The fourth-order valence-electron chi connectivity index (χ4n) is 10.8. The summed E-state index contributed by atoms with van der Waals surface area (Å²) in [5.41, 5.74) is -1.05. The zero-order valence-electron chi connectivity index (χ0n) is 29.2. The topological polar surface area (TPSA) is 146 Å². The number of fused-ring (bicyclic) bond motifs is 5. The molecule has 5 aliphatic rings. The summed E-state index contributed by atoms with van der Waals surface area (Å²) in [6, 6.07) is 0. The number of carbonyl (C=O) groups excluding carboxylic acids is 1. The number of hydrogen-bond acceptors (Lipinski definition) is 9. The number of ether oxygens (including phenoxy) is 3. The minimum atomic E-state index is -1.57. The fourth-order valence-corrected chi connectivity index (χ4v) is 10.8. The van der Waals surface area contributed by atoms with Gasteiger partial charge in [-0.2, -0.15) is 0 Å². The molecule has 14 atom stereocenters. The van der Waals surface area contributed by atoms with Gasteiger partial charge in [0.05, 0.1) is 24.4 Å². The van der Waals surface area contributed by atoms with Crippen LogP contribution < -0.4 is 0 Å². The quantitative estimate of drug-likeness (QED) is 0.185. The molecule has 1 aliphatic heterocycles. The highest BCUT2D eigenvalue weighted by Crippen LogP contribution is 2.75. The van der Waals surface area contributed by atoms with Crippen molar-refractivity contribution in [1.29, 1.82) is 0 Å². The average molecular weight is 649 g/mol. The molecular formula is C37H60O9. The number of methoxy groups -OCH3 is 1. The summed E-state index contributed by atoms with van der Waals surface area (Å²) in [7, 11) is 1.72. The molecule has 3 saturated carbocycles. The number of rotatable bonds is 9. The third-order valence-electron chi connectivity index (χ3n) is 14.0. The first-order valence-corrected chi connectivity index (χ1v) is 17.5. The van der Waals surface area contributed by atoms with Crippen molar-refractivity contribution in [2.75, 3.05) is 13.7 Å². The largest absolute Gasteiger partial charge is 0.394 e. The highest BCUT2D eigenvalue weighted by atomic mass is 16.7. The summed E-state index contributed by atoms with van der Waals surface area (Å²) in [6.07, 6.45) is 5.19. The first-order valence-electron chi connectivity index (χ1n) is 17.5. The molecule has 0 aromatic rings. The molecule has 9 heteroatoms. The van der Waals surface area contributed by atoms with Crippen molar-refractivity contribution in [3.63, 3.8) is 0 Å². The molecule has 5 rings (SSSR count). The van der Waals surface area contributed by atoms with E-state index in [0.717, 1.165) is 31.3 Å². The van der Waals surface area contributed by atoms with Gasteiger partial charge in [0.2, 0.25) is 0 Å². The molecule has 0 radical (unpaired) electrons. The van der Waals surface area contributed by atoms with Crippen LogP contribution in [0.25, 0.3) is 0 Å². The van der Waals surface area contributed by atoms with Gasteiger partial charge in [-0.05, 0) is 87.4 Å². The Morgan fingerprint density at radius 2 is 1.70 bits per heavy atom. The van der Waals surface area contributed by atoms with Gasteiger partial charge in [-0.15, -0.1) is 0 Å². The Labute approximate surface area is 275 Å². The van der Waals surface area contributed by atoms with Crippen LogP contribution in [0.5, 0.6) is 0 Å². The van der Waals surface area contributed by atoms with Gasteiger partial charge in [-0.1, -0.05) is 58.4 Å². The first kappa shape index (κ1) is 36.1. The number of aliphatic hydroxyl groups is 5. The van der Waals surface area contributed by atoms with E-state index in [2.05, 4.69) is 39.0 Å². The molecule has 4 aliphatic carbocycles. The van der Waals surface area contributed by atoms with E-state index < -0.39 is 60.4 Å². The summed E-state index contributed by atoms with van der Waals surface area (Å²) in [5.74, 6) is 0.534. The SMILES string of the molecule is COC(C)(C)/C=C/C[C@H](C)[C@@H]1CC[C@]2(C)[C@H]3[C@H](O[C@H]4O[C@@H](CO)[C@H](O)[C@@H](O)[C@@H]4O)C=C4[C@H](CC[C@@H](O)C4(C)C)[C@@]3(C=O)CC[C@@]12C. The van der Waals surface area contributed by atoms with E-state index in [1.54, 1.807) is 7.11 Å². The fraction of sp³-hybridized carbons (Fsp3) is 0.865. The Bertz CT molecular complexity index is 1180. The van der Waals surface area contributed by atoms with Crippen molar-refractivity contribution in [3.8, 4) is 0 Å². The number of aldehydes is 1. The van der Waals surface area contributed by atoms with Crippen molar-refractivity contribution in [3.05, 3.63) is 23.8 Å². The molecule has 1 saturated heterocycles. The molecule has 9 nitrogen and oxygen atoms in total. The number of allylic oxidation sites excluding steroid dienone is 1. The Kier molecular flexibility index (Phi) is 9.91. The molecule has 0 bridgehead atoms. The zero-order chi connectivity index (χ0) is 34.0. The second kappa shape index (κ2) is 12.6. The molecule has 46 heavy (non-hydrogen) atoms. The molecule has 1 heterocycles. The predicted molar refractivity (Wildman–Crippen MR) is 173 cm³/mol. The molecular weight excluding hydrogens is 588 g/mol. The summed E-state index contributed by atoms with van der Waals surface area (Å²) in [4.78, 5) is 13.7. The summed E-state index contributed by atoms with van der Waals surface area (Å²) in [6.45, 7) is 14.7. The van der Waals surface area contributed by atoms with E-state index in [-0.39, 0.29) is 28.3 Å². The lowest BCUT2D eigenvalue weighted by atomic mass is 9.38. The van der Waals surface area contributed by atoms with Crippen molar-refractivity contribution in [2.45, 2.75) is 142 Å². The molecule has 5 N–H and O–H groups in total. The Balaban J connectivity index is 1.57. The van der Waals surface area contributed by atoms with E-state index in [0.29, 0.717) is 31.1 Å². The van der Waals surface area contributed by atoms with Crippen molar-refractivity contribution in [1.82, 2.24) is 0 Å². The number of aliphatic hydroxyl groups excluding tert-OH is 5. The zero-order valence-corrected chi connectivity index (χ0v) is 29.2. The minimum absolute atomic E-state index is 0.0416. The minimum Gasteiger partial charge on any atom is -0.394 e. The van der Waals surface area contributed by atoms with Crippen molar-refractivity contribution in [2.24, 2.45) is 45.3 Å². The average Bonchev–Trinajstić information content (AvgIpc) is 3.29. The molecule has 0 amide bonds. The van der Waals surface area contributed by atoms with Crippen LogP contribution in [0.15, 0.2) is 23.8 Å². The van der Waals surface area contributed by atoms with E-state index in [1.807, 2.05) is 27.7 Å². The van der Waals surface area contributed by atoms with Gasteiger partial charge in [-0.25, -0.2) is 0 Å². The molecule has 0 aromatic heterocycles. The van der Waals surface area contributed by atoms with Crippen LogP contribution in [0.4, 0.5) is 0 Å². The van der Waals surface area contributed by atoms with Gasteiger partial charge < -0.3 is 44.5 Å². The molecule has 0 unspecified atom stereocenters. The lowest BCUT2D eigenvalue weighted by Gasteiger charge is -2.66. The summed E-state index contributed by atoms with van der Waals surface area (Å²) in [5, 5.41) is 53.1. The third-order valence-corrected chi connectivity index (χ3v) is 14.0. The lowest BCUT2D eigenvalue weighted by molar-refractivity contribution is -0.321. The Morgan fingerprint density at radius 3 is 2.33 bits per heavy atom. The maximum atomic E-state index is 13.7. The van der Waals surface area contributed by atoms with Gasteiger partial charge in [0.25, 0.3) is 0 Å². The van der Waals surface area contributed by atoms with Gasteiger partial charge in [-0.3, -0.25) is 0 Å². The van der Waals surface area contributed by atoms with Gasteiger partial charge in [0.1, 0.15) is 30.7 Å². The van der Waals surface area contributed by atoms with Crippen molar-refractivity contribution >= 4 is 6.29 Å². The van der Waals surface area contributed by atoms with Crippen LogP contribution in [-0.2, 0) is 19.0 Å². The van der Waals surface area contributed by atoms with E-state index >= 15 is 0 Å². The molecule has 4 fully saturated rings. The standard InChI is InChI=1S/C37H60O9/c1-21(10-9-14-33(2,3)44-8)22-13-15-36(7)31-25(45-32-30(43)29(42)28(41)26(19-38)46-32)18-24-23(11-12-27(40)34(24,4)5)37(31,20-39)17-16-35(22,36)6/h9,14,18,20-23,25-32,38,40-43H,10-13,15-17,19H2,1-8H3/b14-9+/t21-,22-,23-,25+,26-,27+,28-,29+,30-,31+,32-,35-,36+,37-/m0/s1. The normalized spacial score (nSPS) is 47.9. The number of hydrogen-bond donors (Lipinski definition) is 5. The Hall–Kier alpha value is -1.17. The van der Waals surface area contributed by atoms with Crippen LogP contribution in [-0.4, -0.2) is 94.1 Å². The Morgan fingerprint density at radius 1 is 1.00 bits per heavy atom. The van der Waals surface area contributed by atoms with Gasteiger partial charge in [0, 0.05) is 23.9 Å². The second-order valence-corrected chi connectivity index (χ2v) is 16.9. The maximum absolute atomic E-state index is 13.7. The highest BCUT2D eigenvalue weighted by Gasteiger charge is 2.71. The maximum Gasteiger partial charge on any atom is 0.187 e. The highest BCUT2D eigenvalue weighted by molar-refractivity contribution is 5.65. The van der Waals surface area contributed by atoms with Gasteiger partial charge >= 0.3 is 0 Å². The van der Waals surface area contributed by atoms with Crippen LogP contribution >= 0.6 is 0 Å². The monoisotopic (exact) mass is 648 g/mol. The van der Waals surface area contributed by atoms with Crippen LogP contribution in [0.1, 0.15) is 93.4 Å². The van der Waals surface area contributed by atoms with Gasteiger partial charge in [0.15, 0.2) is 6.29 Å². The summed E-state index contributed by atoms with van der Waals surface area (Å²) < 4.78 is 18.2. The van der Waals surface area contributed by atoms with Crippen molar-refractivity contribution < 1.29 is 44.5 Å². The lowest BCUT2D eigenvalue weighted by Crippen LogP contribution is -2.66. The van der Waals surface area contributed by atoms with E-state index in [1.165, 1.54) is 6.29 Å². The number of carbonyl (C=O) groups is 1. The predicted octanol–water partition coefficient (Wildman–Crippen LogP) is 3.93. The van der Waals surface area contributed by atoms with E-state index in [4.69, 9.17) is 14.2 Å². The van der Waals surface area contributed by atoms with Crippen LogP contribution in [0, 0.1) is 45.3 Å². The molecule has 262 valence electrons. The first-order chi connectivity index (χ1) is 21.4. The summed E-state index contributed by atoms with van der Waals surface area (Å²) >= 11 is 0. The smallest absolute Gasteiger partial charge is 0.187 e.